The Kier molecular flexibility index (Phi) is 5.09. The average molecular weight is 331 g/mol. The Bertz CT molecular complexity index is 709. The van der Waals surface area contributed by atoms with E-state index in [0.29, 0.717) is 11.1 Å². The zero-order valence-electron chi connectivity index (χ0n) is 15.1. The summed E-state index contributed by atoms with van der Waals surface area (Å²) in [6.07, 6.45) is 0. The van der Waals surface area contributed by atoms with Crippen LogP contribution in [0, 0.1) is 13.8 Å². The molecule has 5 nitrogen and oxygen atoms in total. The molecule has 1 aliphatic rings. The van der Waals surface area contributed by atoms with Gasteiger partial charge in [-0.25, -0.2) is 4.39 Å². The van der Waals surface area contributed by atoms with Crippen molar-refractivity contribution < 1.29 is 13.7 Å². The fourth-order valence-electron chi connectivity index (χ4n) is 2.54. The third-order valence-corrected chi connectivity index (χ3v) is 4.76. The van der Waals surface area contributed by atoms with E-state index in [4.69, 9.17) is 14.8 Å². The average Bonchev–Trinajstić information content (AvgIpc) is 2.71. The van der Waals surface area contributed by atoms with Crippen molar-refractivity contribution in [3.8, 4) is 0 Å². The van der Waals surface area contributed by atoms with Crippen molar-refractivity contribution in [1.82, 2.24) is 0 Å². The van der Waals surface area contributed by atoms with E-state index in [9.17, 15) is 0 Å². The van der Waals surface area contributed by atoms with Crippen LogP contribution < -0.4 is 0 Å². The van der Waals surface area contributed by atoms with Gasteiger partial charge >= 0.3 is 7.12 Å². The van der Waals surface area contributed by atoms with Crippen LogP contribution in [-0.4, -0.2) is 24.9 Å². The molecule has 1 aromatic carbocycles. The Morgan fingerprint density at radius 2 is 1.79 bits per heavy atom. The maximum atomic E-state index is 15.2. The van der Waals surface area contributed by atoms with Gasteiger partial charge in [0.25, 0.3) is 0 Å². The van der Waals surface area contributed by atoms with Crippen molar-refractivity contribution in [2.45, 2.75) is 52.7 Å². The minimum atomic E-state index is -1.11. The van der Waals surface area contributed by atoms with Crippen molar-refractivity contribution >= 4 is 12.7 Å². The minimum absolute atomic E-state index is 0.100. The smallest absolute Gasteiger partial charge is 0.398 e. The summed E-state index contributed by atoms with van der Waals surface area (Å²) in [5.74, 6) is 0. The first kappa shape index (κ1) is 18.5. The van der Waals surface area contributed by atoms with Gasteiger partial charge in [0.05, 0.1) is 17.7 Å². The van der Waals surface area contributed by atoms with Crippen molar-refractivity contribution in [2.24, 2.45) is 5.11 Å². The van der Waals surface area contributed by atoms with Gasteiger partial charge in [-0.1, -0.05) is 28.9 Å². The van der Waals surface area contributed by atoms with E-state index in [2.05, 4.69) is 10.0 Å². The van der Waals surface area contributed by atoms with Gasteiger partial charge in [-0.3, -0.25) is 0 Å². The molecule has 1 fully saturated rings. The SMILES string of the molecule is Cc1ccc(C)c(C(CN=[N+]=[N-])=C(F)B2OC(C)(C)C(C)(C)O2)c1. The molecule has 1 saturated heterocycles. The summed E-state index contributed by atoms with van der Waals surface area (Å²) in [5.41, 5.74) is 9.72. The first-order chi connectivity index (χ1) is 11.1. The largest absolute Gasteiger partial charge is 0.525 e. The van der Waals surface area contributed by atoms with Crippen LogP contribution in [0.15, 0.2) is 29.0 Å². The molecule has 0 unspecified atom stereocenters. The summed E-state index contributed by atoms with van der Waals surface area (Å²) < 4.78 is 26.8. The lowest BCUT2D eigenvalue weighted by Crippen LogP contribution is -2.41. The molecule has 0 aromatic heterocycles. The molecular formula is C17H23BFN3O2. The Hall–Kier alpha value is -1.82. The quantitative estimate of drug-likeness (QED) is 0.340. The first-order valence-corrected chi connectivity index (χ1v) is 7.92. The number of nitrogens with zero attached hydrogens (tertiary/aromatic N) is 3. The van der Waals surface area contributed by atoms with Crippen molar-refractivity contribution in [1.29, 1.82) is 0 Å². The molecule has 0 bridgehead atoms. The topological polar surface area (TPSA) is 67.2 Å². The van der Waals surface area contributed by atoms with Crippen LogP contribution >= 0.6 is 0 Å². The predicted octanol–water partition coefficient (Wildman–Crippen LogP) is 4.93. The number of benzene rings is 1. The molecule has 0 aliphatic carbocycles. The molecule has 128 valence electrons. The van der Waals surface area contributed by atoms with Crippen LogP contribution in [0.3, 0.4) is 0 Å². The summed E-state index contributed by atoms with van der Waals surface area (Å²) in [6, 6.07) is 5.75. The van der Waals surface area contributed by atoms with E-state index in [1.807, 2.05) is 59.7 Å². The molecule has 24 heavy (non-hydrogen) atoms. The molecule has 0 spiro atoms. The Morgan fingerprint density at radius 3 is 2.33 bits per heavy atom. The van der Waals surface area contributed by atoms with E-state index in [0.717, 1.165) is 11.1 Å². The Labute approximate surface area is 142 Å². The number of rotatable bonds is 4. The van der Waals surface area contributed by atoms with Crippen molar-refractivity contribution in [2.75, 3.05) is 6.54 Å². The molecule has 1 aliphatic heterocycles. The highest BCUT2D eigenvalue weighted by molar-refractivity contribution is 6.55. The summed E-state index contributed by atoms with van der Waals surface area (Å²) >= 11 is 0. The molecule has 7 heteroatoms. The molecule has 1 aromatic rings. The van der Waals surface area contributed by atoms with Crippen LogP contribution in [0.2, 0.25) is 0 Å². The fraction of sp³-hybridized carbons (Fsp3) is 0.529. The zero-order valence-corrected chi connectivity index (χ0v) is 15.1. The number of hydrogen-bond acceptors (Lipinski definition) is 3. The summed E-state index contributed by atoms with van der Waals surface area (Å²) in [4.78, 5) is 2.76. The second-order valence-corrected chi connectivity index (χ2v) is 7.12. The normalized spacial score (nSPS) is 19.7. The molecular weight excluding hydrogens is 308 g/mol. The van der Waals surface area contributed by atoms with Gasteiger partial charge < -0.3 is 9.31 Å². The second kappa shape index (κ2) is 6.59. The van der Waals surface area contributed by atoms with Crippen LogP contribution in [-0.2, 0) is 9.31 Å². The van der Waals surface area contributed by atoms with Crippen LogP contribution in [0.25, 0.3) is 16.0 Å². The van der Waals surface area contributed by atoms with Gasteiger partial charge in [-0.2, -0.15) is 0 Å². The van der Waals surface area contributed by atoms with E-state index >= 15 is 4.39 Å². The lowest BCUT2D eigenvalue weighted by Gasteiger charge is -2.32. The lowest BCUT2D eigenvalue weighted by molar-refractivity contribution is 0.00578. The molecule has 0 saturated carbocycles. The Balaban J connectivity index is 2.52. The summed E-state index contributed by atoms with van der Waals surface area (Å²) in [5, 5.41) is 3.56. The maximum Gasteiger partial charge on any atom is 0.525 e. The highest BCUT2D eigenvalue weighted by Crippen LogP contribution is 2.40. The van der Waals surface area contributed by atoms with Gasteiger partial charge in [0.1, 0.15) is 5.73 Å². The van der Waals surface area contributed by atoms with Crippen molar-refractivity contribution in [3.63, 3.8) is 0 Å². The van der Waals surface area contributed by atoms with Crippen LogP contribution in [0.1, 0.15) is 44.4 Å². The predicted molar refractivity (Wildman–Crippen MR) is 94.0 cm³/mol. The van der Waals surface area contributed by atoms with E-state index in [1.165, 1.54) is 0 Å². The van der Waals surface area contributed by atoms with Gasteiger partial charge in [0.2, 0.25) is 0 Å². The summed E-state index contributed by atoms with van der Waals surface area (Å²) in [7, 11) is -1.11. The lowest BCUT2D eigenvalue weighted by atomic mass is 9.81. The molecule has 2 rings (SSSR count). The standard InChI is InChI=1S/C17H23BFN3O2/c1-11-7-8-12(2)13(9-11)14(10-21-22-20)15(19)18-23-16(3,4)17(5,6)24-18/h7-9H,10H2,1-6H3. The van der Waals surface area contributed by atoms with E-state index in [1.54, 1.807) is 0 Å². The minimum Gasteiger partial charge on any atom is -0.398 e. The number of aryl methyl sites for hydroxylation is 2. The first-order valence-electron chi connectivity index (χ1n) is 7.92. The highest BCUT2D eigenvalue weighted by Gasteiger charge is 2.53. The van der Waals surface area contributed by atoms with Gasteiger partial charge in [0.15, 0.2) is 0 Å². The van der Waals surface area contributed by atoms with Gasteiger partial charge in [0, 0.05) is 4.91 Å². The molecule has 0 N–H and O–H groups in total. The zero-order chi connectivity index (χ0) is 18.1. The molecule has 1 heterocycles. The Morgan fingerprint density at radius 1 is 1.21 bits per heavy atom. The molecule has 0 amide bonds. The van der Waals surface area contributed by atoms with Crippen LogP contribution in [0.4, 0.5) is 4.39 Å². The van der Waals surface area contributed by atoms with E-state index < -0.39 is 24.0 Å². The monoisotopic (exact) mass is 331 g/mol. The number of halogens is 1. The highest BCUT2D eigenvalue weighted by atomic mass is 19.1. The number of azide groups is 1. The fourth-order valence-corrected chi connectivity index (χ4v) is 2.54. The van der Waals surface area contributed by atoms with Gasteiger partial charge in [-0.05, 0) is 63.8 Å². The third-order valence-electron chi connectivity index (χ3n) is 4.76. The molecule has 0 radical (unpaired) electrons. The maximum absolute atomic E-state index is 15.2. The third kappa shape index (κ3) is 3.48. The van der Waals surface area contributed by atoms with Gasteiger partial charge in [-0.15, -0.1) is 0 Å². The van der Waals surface area contributed by atoms with E-state index in [-0.39, 0.29) is 6.54 Å². The van der Waals surface area contributed by atoms with Crippen molar-refractivity contribution in [3.05, 3.63) is 51.1 Å². The second-order valence-electron chi connectivity index (χ2n) is 7.12. The summed E-state index contributed by atoms with van der Waals surface area (Å²) in [6.45, 7) is 11.2. The number of hydrogen-bond donors (Lipinski definition) is 0. The molecule has 0 atom stereocenters. The van der Waals surface area contributed by atoms with Crippen LogP contribution in [0.5, 0.6) is 0 Å².